The summed E-state index contributed by atoms with van der Waals surface area (Å²) in [7, 11) is 0. The van der Waals surface area contributed by atoms with E-state index in [9.17, 15) is 23.3 Å². The molecule has 0 radical (unpaired) electrons. The van der Waals surface area contributed by atoms with Gasteiger partial charge in [0.05, 0.1) is 22.6 Å². The fourth-order valence-corrected chi connectivity index (χ4v) is 1.20. The highest BCUT2D eigenvalue weighted by atomic mass is 19.4. The summed E-state index contributed by atoms with van der Waals surface area (Å²) in [6.45, 7) is 2.68. The van der Waals surface area contributed by atoms with Crippen LogP contribution in [0.3, 0.4) is 0 Å². The molecule has 19 heavy (non-hydrogen) atoms. The van der Waals surface area contributed by atoms with Crippen molar-refractivity contribution >= 4 is 11.5 Å². The van der Waals surface area contributed by atoms with Gasteiger partial charge in [0.1, 0.15) is 0 Å². The lowest BCUT2D eigenvalue weighted by Crippen LogP contribution is -2.35. The molecule has 0 saturated carbocycles. The summed E-state index contributed by atoms with van der Waals surface area (Å²) in [5, 5.41) is 22.3. The Morgan fingerprint density at radius 2 is 2.05 bits per heavy atom. The lowest BCUT2D eigenvalue weighted by Gasteiger charge is -2.24. The van der Waals surface area contributed by atoms with Crippen LogP contribution in [0.5, 0.6) is 0 Å². The monoisotopic (exact) mass is 279 g/mol. The number of pyridine rings is 1. The molecule has 6 nitrogen and oxygen atoms in total. The van der Waals surface area contributed by atoms with Gasteiger partial charge in [0.15, 0.2) is 0 Å². The average Bonchev–Trinajstić information content (AvgIpc) is 2.27. The molecule has 0 fully saturated rings. The normalized spacial score (nSPS) is 12.3. The van der Waals surface area contributed by atoms with Crippen LogP contribution in [-0.4, -0.2) is 27.2 Å². The molecule has 106 valence electrons. The maximum atomic E-state index is 12.4. The molecule has 0 aliphatic rings. The molecule has 0 amide bonds. The fraction of sp³-hybridized carbons (Fsp3) is 0.500. The minimum atomic E-state index is -4.71. The van der Waals surface area contributed by atoms with Crippen molar-refractivity contribution in [3.63, 3.8) is 0 Å². The van der Waals surface area contributed by atoms with E-state index in [0.29, 0.717) is 12.3 Å². The molecule has 9 heteroatoms. The van der Waals surface area contributed by atoms with Crippen molar-refractivity contribution in [2.24, 2.45) is 0 Å². The largest absolute Gasteiger partial charge is 0.418 e. The molecule has 1 aromatic heterocycles. The summed E-state index contributed by atoms with van der Waals surface area (Å²) < 4.78 is 37.3. The molecular formula is C10H12F3N3O3. The van der Waals surface area contributed by atoms with Crippen LogP contribution in [0, 0.1) is 10.1 Å². The molecule has 0 aromatic carbocycles. The molecule has 0 bridgehead atoms. The third-order valence-corrected chi connectivity index (χ3v) is 2.24. The maximum Gasteiger partial charge on any atom is 0.418 e. The number of hydrogen-bond donors (Lipinski definition) is 2. The third-order valence-electron chi connectivity index (χ3n) is 2.24. The van der Waals surface area contributed by atoms with Gasteiger partial charge in [-0.05, 0) is 13.8 Å². The van der Waals surface area contributed by atoms with Gasteiger partial charge in [0.25, 0.3) is 0 Å². The van der Waals surface area contributed by atoms with Gasteiger partial charge in [-0.15, -0.1) is 0 Å². The van der Waals surface area contributed by atoms with Gasteiger partial charge in [-0.3, -0.25) is 10.1 Å². The number of aliphatic hydroxyl groups excluding tert-OH is 1. The van der Waals surface area contributed by atoms with Crippen molar-refractivity contribution < 1.29 is 23.2 Å². The van der Waals surface area contributed by atoms with Gasteiger partial charge >= 0.3 is 11.9 Å². The van der Waals surface area contributed by atoms with E-state index in [2.05, 4.69) is 10.3 Å². The Morgan fingerprint density at radius 1 is 1.47 bits per heavy atom. The van der Waals surface area contributed by atoms with Crippen molar-refractivity contribution in [3.05, 3.63) is 27.9 Å². The first-order valence-electron chi connectivity index (χ1n) is 5.17. The van der Waals surface area contributed by atoms with E-state index < -0.39 is 27.9 Å². The summed E-state index contributed by atoms with van der Waals surface area (Å²) in [6, 6.07) is 0.406. The summed E-state index contributed by atoms with van der Waals surface area (Å²) in [5.41, 5.74) is -2.94. The number of nitro groups is 1. The van der Waals surface area contributed by atoms with E-state index in [1.54, 1.807) is 0 Å². The van der Waals surface area contributed by atoms with Crippen LogP contribution in [-0.2, 0) is 6.18 Å². The quantitative estimate of drug-likeness (QED) is 0.651. The van der Waals surface area contributed by atoms with E-state index >= 15 is 0 Å². The van der Waals surface area contributed by atoms with Crippen LogP contribution in [0.2, 0.25) is 0 Å². The zero-order valence-electron chi connectivity index (χ0n) is 10.2. The molecule has 2 N–H and O–H groups in total. The maximum absolute atomic E-state index is 12.4. The highest BCUT2D eigenvalue weighted by Gasteiger charge is 2.34. The van der Waals surface area contributed by atoms with Gasteiger partial charge < -0.3 is 10.4 Å². The second-order valence-corrected chi connectivity index (χ2v) is 4.51. The van der Waals surface area contributed by atoms with Gasteiger partial charge in [0, 0.05) is 12.3 Å². The second kappa shape index (κ2) is 5.00. The number of nitrogens with zero attached hydrogens (tertiary/aromatic N) is 2. The van der Waals surface area contributed by atoms with Crippen LogP contribution in [0.15, 0.2) is 12.3 Å². The summed E-state index contributed by atoms with van der Waals surface area (Å²) in [6.07, 6.45) is -4.20. The zero-order chi connectivity index (χ0) is 14.8. The number of rotatable bonds is 4. The Morgan fingerprint density at radius 3 is 2.47 bits per heavy atom. The standard InChI is InChI=1S/C10H12F3N3O3/c1-9(2,5-17)15-8-7(16(18)19)3-6(4-14-8)10(11,12)13/h3-4,17H,5H2,1-2H3,(H,14,15). The van der Waals surface area contributed by atoms with E-state index in [0.717, 1.165) is 0 Å². The number of alkyl halides is 3. The van der Waals surface area contributed by atoms with Crippen LogP contribution in [0.25, 0.3) is 0 Å². The van der Waals surface area contributed by atoms with Gasteiger partial charge in [-0.25, -0.2) is 4.98 Å². The highest BCUT2D eigenvalue weighted by Crippen LogP contribution is 2.34. The van der Waals surface area contributed by atoms with Crippen molar-refractivity contribution in [1.82, 2.24) is 4.98 Å². The lowest BCUT2D eigenvalue weighted by atomic mass is 10.1. The van der Waals surface area contributed by atoms with Crippen LogP contribution < -0.4 is 5.32 Å². The number of halogens is 3. The van der Waals surface area contributed by atoms with E-state index in [1.807, 2.05) is 0 Å². The van der Waals surface area contributed by atoms with Gasteiger partial charge in [-0.2, -0.15) is 13.2 Å². The van der Waals surface area contributed by atoms with E-state index in [4.69, 9.17) is 5.11 Å². The average molecular weight is 279 g/mol. The molecular weight excluding hydrogens is 267 g/mol. The third kappa shape index (κ3) is 3.78. The molecule has 0 aliphatic carbocycles. The van der Waals surface area contributed by atoms with E-state index in [-0.39, 0.29) is 12.4 Å². The summed E-state index contributed by atoms with van der Waals surface area (Å²) in [5.74, 6) is -0.322. The Hall–Kier alpha value is -1.90. The molecule has 0 unspecified atom stereocenters. The Balaban J connectivity index is 3.24. The molecule has 1 rings (SSSR count). The zero-order valence-corrected chi connectivity index (χ0v) is 10.2. The minimum Gasteiger partial charge on any atom is -0.394 e. The molecule has 1 aromatic rings. The number of aromatic nitrogens is 1. The lowest BCUT2D eigenvalue weighted by molar-refractivity contribution is -0.384. The fourth-order valence-electron chi connectivity index (χ4n) is 1.20. The molecule has 0 saturated heterocycles. The Bertz CT molecular complexity index is 489. The van der Waals surface area contributed by atoms with Crippen LogP contribution in [0.1, 0.15) is 19.4 Å². The minimum absolute atomic E-state index is 0.322. The molecule has 0 spiro atoms. The predicted molar refractivity (Wildman–Crippen MR) is 60.7 cm³/mol. The molecule has 0 atom stereocenters. The Kier molecular flexibility index (Phi) is 3.99. The number of anilines is 1. The topological polar surface area (TPSA) is 88.3 Å². The van der Waals surface area contributed by atoms with Crippen molar-refractivity contribution in [2.45, 2.75) is 25.6 Å². The van der Waals surface area contributed by atoms with Gasteiger partial charge in [0.2, 0.25) is 5.82 Å². The van der Waals surface area contributed by atoms with Crippen molar-refractivity contribution in [3.8, 4) is 0 Å². The number of hydrogen-bond acceptors (Lipinski definition) is 5. The predicted octanol–water partition coefficient (Wildman–Crippen LogP) is 2.19. The van der Waals surface area contributed by atoms with Crippen molar-refractivity contribution in [2.75, 3.05) is 11.9 Å². The van der Waals surface area contributed by atoms with Crippen molar-refractivity contribution in [1.29, 1.82) is 0 Å². The second-order valence-electron chi connectivity index (χ2n) is 4.51. The first-order valence-corrected chi connectivity index (χ1v) is 5.17. The number of nitrogens with one attached hydrogen (secondary N) is 1. The van der Waals surface area contributed by atoms with E-state index in [1.165, 1.54) is 13.8 Å². The summed E-state index contributed by atoms with van der Waals surface area (Å²) in [4.78, 5) is 13.2. The first-order chi connectivity index (χ1) is 8.57. The van der Waals surface area contributed by atoms with Gasteiger partial charge in [-0.1, -0.05) is 0 Å². The summed E-state index contributed by atoms with van der Waals surface area (Å²) >= 11 is 0. The highest BCUT2D eigenvalue weighted by molar-refractivity contribution is 5.58. The SMILES string of the molecule is CC(C)(CO)Nc1ncc(C(F)(F)F)cc1[N+](=O)[O-]. The molecule has 1 heterocycles. The Labute approximate surface area is 106 Å². The van der Waals surface area contributed by atoms with Crippen LogP contribution >= 0.6 is 0 Å². The first kappa shape index (κ1) is 15.2. The molecule has 0 aliphatic heterocycles. The van der Waals surface area contributed by atoms with Crippen LogP contribution in [0.4, 0.5) is 24.7 Å². The smallest absolute Gasteiger partial charge is 0.394 e. The number of aliphatic hydroxyl groups is 1.